The monoisotopic (exact) mass is 411 g/mol. The van der Waals surface area contributed by atoms with Crippen molar-refractivity contribution in [3.63, 3.8) is 0 Å². The van der Waals surface area contributed by atoms with Crippen LogP contribution in [0.25, 0.3) is 5.69 Å². The van der Waals surface area contributed by atoms with Crippen molar-refractivity contribution < 1.29 is 14.3 Å². The molecule has 1 aromatic carbocycles. The molecule has 1 amide bonds. The van der Waals surface area contributed by atoms with E-state index in [-0.39, 0.29) is 17.8 Å². The number of hydrogen-bond acceptors (Lipinski definition) is 4. The topological polar surface area (TPSA) is 64.4 Å². The van der Waals surface area contributed by atoms with Crippen LogP contribution in [0, 0.1) is 12.8 Å². The number of ether oxygens (including phenoxy) is 1. The number of aromatic nitrogens is 2. The lowest BCUT2D eigenvalue weighted by Gasteiger charge is -2.31. The van der Waals surface area contributed by atoms with E-state index in [1.165, 1.54) is 0 Å². The third-order valence-electron chi connectivity index (χ3n) is 5.66. The molecule has 1 fully saturated rings. The van der Waals surface area contributed by atoms with Crippen molar-refractivity contribution in [1.82, 2.24) is 14.7 Å². The molecule has 0 aliphatic carbocycles. The molecule has 1 saturated heterocycles. The third kappa shape index (κ3) is 4.58. The zero-order valence-corrected chi connectivity index (χ0v) is 18.6. The summed E-state index contributed by atoms with van der Waals surface area (Å²) >= 11 is 0. The standard InChI is InChI=1S/C24H33N3O3/c1-5-10-20-22(21(6-2)27(25-20)19-13-8-11-17(4)15-19)23(28)26-14-9-12-18(16-26)24(29)30-7-3/h8,11,13,15,18H,5-7,9-10,12,14,16H2,1-4H3/t18-/m0/s1. The number of amides is 1. The van der Waals surface area contributed by atoms with Gasteiger partial charge in [-0.15, -0.1) is 0 Å². The second-order valence-corrected chi connectivity index (χ2v) is 7.97. The van der Waals surface area contributed by atoms with Gasteiger partial charge in [-0.25, -0.2) is 4.68 Å². The van der Waals surface area contributed by atoms with Crippen molar-refractivity contribution in [3.05, 3.63) is 46.8 Å². The number of benzene rings is 1. The fourth-order valence-corrected chi connectivity index (χ4v) is 4.23. The summed E-state index contributed by atoms with van der Waals surface area (Å²) in [6.07, 6.45) is 3.96. The van der Waals surface area contributed by atoms with Gasteiger partial charge >= 0.3 is 5.97 Å². The molecule has 0 unspecified atom stereocenters. The lowest BCUT2D eigenvalue weighted by atomic mass is 9.96. The van der Waals surface area contributed by atoms with Crippen LogP contribution in [0.1, 0.15) is 67.3 Å². The number of rotatable bonds is 7. The Kier molecular flexibility index (Phi) is 7.29. The lowest BCUT2D eigenvalue weighted by molar-refractivity contribution is -0.149. The molecule has 1 aliphatic rings. The van der Waals surface area contributed by atoms with Gasteiger partial charge in [-0.05, 0) is 57.2 Å². The van der Waals surface area contributed by atoms with Gasteiger partial charge in [0.2, 0.25) is 0 Å². The average Bonchev–Trinajstić information content (AvgIpc) is 3.12. The number of nitrogens with zero attached hydrogens (tertiary/aromatic N) is 3. The normalized spacial score (nSPS) is 16.5. The van der Waals surface area contributed by atoms with Crippen LogP contribution in [0.3, 0.4) is 0 Å². The maximum absolute atomic E-state index is 13.6. The van der Waals surface area contributed by atoms with Crippen LogP contribution < -0.4 is 0 Å². The van der Waals surface area contributed by atoms with E-state index in [4.69, 9.17) is 9.84 Å². The van der Waals surface area contributed by atoms with Gasteiger partial charge in [0.1, 0.15) is 0 Å². The molecule has 30 heavy (non-hydrogen) atoms. The summed E-state index contributed by atoms with van der Waals surface area (Å²) in [6.45, 7) is 9.49. The fourth-order valence-electron chi connectivity index (χ4n) is 4.23. The molecule has 2 heterocycles. The van der Waals surface area contributed by atoms with Gasteiger partial charge in [0, 0.05) is 13.1 Å². The van der Waals surface area contributed by atoms with Crippen LogP contribution >= 0.6 is 0 Å². The third-order valence-corrected chi connectivity index (χ3v) is 5.66. The summed E-state index contributed by atoms with van der Waals surface area (Å²) in [5, 5.41) is 4.86. The Morgan fingerprint density at radius 1 is 1.23 bits per heavy atom. The Hall–Kier alpha value is -2.63. The molecule has 0 bridgehead atoms. The highest BCUT2D eigenvalue weighted by Crippen LogP contribution is 2.26. The zero-order valence-electron chi connectivity index (χ0n) is 18.6. The molecule has 162 valence electrons. The minimum atomic E-state index is -0.242. The highest BCUT2D eigenvalue weighted by Gasteiger charge is 2.33. The van der Waals surface area contributed by atoms with Gasteiger partial charge in [0.25, 0.3) is 5.91 Å². The second-order valence-electron chi connectivity index (χ2n) is 7.97. The number of carbonyl (C=O) groups excluding carboxylic acids is 2. The zero-order chi connectivity index (χ0) is 21.7. The molecule has 1 aromatic heterocycles. The van der Waals surface area contributed by atoms with Crippen LogP contribution in [-0.4, -0.2) is 46.3 Å². The van der Waals surface area contributed by atoms with E-state index in [2.05, 4.69) is 32.9 Å². The van der Waals surface area contributed by atoms with Crippen LogP contribution in [-0.2, 0) is 22.4 Å². The van der Waals surface area contributed by atoms with Gasteiger partial charge < -0.3 is 9.64 Å². The number of piperidine rings is 1. The first kappa shape index (κ1) is 22.1. The molecular formula is C24H33N3O3. The fraction of sp³-hybridized carbons (Fsp3) is 0.542. The van der Waals surface area contributed by atoms with E-state index < -0.39 is 0 Å². The Morgan fingerprint density at radius 2 is 2.03 bits per heavy atom. The predicted octanol–water partition coefficient (Wildman–Crippen LogP) is 4.11. The molecule has 3 rings (SSSR count). The molecule has 1 atom stereocenters. The maximum Gasteiger partial charge on any atom is 0.310 e. The first-order valence-electron chi connectivity index (χ1n) is 11.1. The molecular weight excluding hydrogens is 378 g/mol. The van der Waals surface area contributed by atoms with E-state index in [0.717, 1.165) is 48.3 Å². The van der Waals surface area contributed by atoms with E-state index >= 15 is 0 Å². The Morgan fingerprint density at radius 3 is 2.70 bits per heavy atom. The number of aryl methyl sites for hydroxylation is 2. The smallest absolute Gasteiger partial charge is 0.310 e. The SMILES string of the molecule is CCCc1nn(-c2cccc(C)c2)c(CC)c1C(=O)N1CCC[C@H](C(=O)OCC)C1. The van der Waals surface area contributed by atoms with Crippen LogP contribution in [0.4, 0.5) is 0 Å². The van der Waals surface area contributed by atoms with E-state index in [1.54, 1.807) is 0 Å². The first-order chi connectivity index (χ1) is 14.5. The van der Waals surface area contributed by atoms with E-state index in [9.17, 15) is 9.59 Å². The average molecular weight is 412 g/mol. The highest BCUT2D eigenvalue weighted by atomic mass is 16.5. The minimum Gasteiger partial charge on any atom is -0.466 e. The Labute approximate surface area is 179 Å². The summed E-state index contributed by atoms with van der Waals surface area (Å²) in [6, 6.07) is 8.19. The molecule has 0 radical (unpaired) electrons. The largest absolute Gasteiger partial charge is 0.466 e. The summed E-state index contributed by atoms with van der Waals surface area (Å²) in [5.41, 5.74) is 4.63. The lowest BCUT2D eigenvalue weighted by Crippen LogP contribution is -2.43. The second kappa shape index (κ2) is 9.92. The van der Waals surface area contributed by atoms with Crippen LogP contribution in [0.2, 0.25) is 0 Å². The molecule has 1 aliphatic heterocycles. The van der Waals surface area contributed by atoms with E-state index in [0.29, 0.717) is 31.7 Å². The molecule has 6 heteroatoms. The predicted molar refractivity (Wildman–Crippen MR) is 117 cm³/mol. The number of likely N-dealkylation sites (tertiary alicyclic amines) is 1. The van der Waals surface area contributed by atoms with Gasteiger partial charge in [0.15, 0.2) is 0 Å². The molecule has 0 spiro atoms. The summed E-state index contributed by atoms with van der Waals surface area (Å²) < 4.78 is 7.13. The van der Waals surface area contributed by atoms with Crippen molar-refractivity contribution in [2.24, 2.45) is 5.92 Å². The number of carbonyl (C=O) groups is 2. The van der Waals surface area contributed by atoms with Crippen molar-refractivity contribution in [1.29, 1.82) is 0 Å². The molecule has 6 nitrogen and oxygen atoms in total. The van der Waals surface area contributed by atoms with Gasteiger partial charge in [-0.2, -0.15) is 5.10 Å². The van der Waals surface area contributed by atoms with Crippen molar-refractivity contribution in [2.45, 2.75) is 59.8 Å². The van der Waals surface area contributed by atoms with Gasteiger partial charge in [0.05, 0.1) is 35.2 Å². The quantitative estimate of drug-likeness (QED) is 0.643. The minimum absolute atomic E-state index is 0.0109. The summed E-state index contributed by atoms with van der Waals surface area (Å²) in [4.78, 5) is 27.7. The van der Waals surface area contributed by atoms with Gasteiger partial charge in [-0.3, -0.25) is 9.59 Å². The Balaban J connectivity index is 1.97. The van der Waals surface area contributed by atoms with Crippen molar-refractivity contribution >= 4 is 11.9 Å². The summed E-state index contributed by atoms with van der Waals surface area (Å²) in [7, 11) is 0. The molecule has 0 saturated carbocycles. The number of hydrogen-bond donors (Lipinski definition) is 0. The first-order valence-corrected chi connectivity index (χ1v) is 11.1. The van der Waals surface area contributed by atoms with E-state index in [1.807, 2.05) is 28.6 Å². The van der Waals surface area contributed by atoms with Crippen molar-refractivity contribution in [2.75, 3.05) is 19.7 Å². The Bertz CT molecular complexity index is 903. The summed E-state index contributed by atoms with van der Waals surface area (Å²) in [5.74, 6) is -0.452. The highest BCUT2D eigenvalue weighted by molar-refractivity contribution is 5.97. The number of esters is 1. The molecule has 2 aromatic rings. The van der Waals surface area contributed by atoms with Gasteiger partial charge in [-0.1, -0.05) is 32.4 Å². The van der Waals surface area contributed by atoms with Crippen LogP contribution in [0.15, 0.2) is 24.3 Å². The van der Waals surface area contributed by atoms with Crippen molar-refractivity contribution in [3.8, 4) is 5.69 Å². The maximum atomic E-state index is 13.6. The molecule has 0 N–H and O–H groups in total. The van der Waals surface area contributed by atoms with Crippen LogP contribution in [0.5, 0.6) is 0 Å².